The molecule has 0 saturated carbocycles. The van der Waals surface area contributed by atoms with E-state index >= 15 is 0 Å². The zero-order chi connectivity index (χ0) is 14.5. The molecule has 0 aliphatic heterocycles. The van der Waals surface area contributed by atoms with Crippen molar-refractivity contribution in [2.24, 2.45) is 0 Å². The zero-order valence-electron chi connectivity index (χ0n) is 11.0. The Balaban J connectivity index is 2.38. The summed E-state index contributed by atoms with van der Waals surface area (Å²) in [6.45, 7) is 2.06. The van der Waals surface area contributed by atoms with Gasteiger partial charge in [-0.3, -0.25) is 4.79 Å². The summed E-state index contributed by atoms with van der Waals surface area (Å²) in [6.07, 6.45) is 0.0852. The number of thiophene rings is 1. The normalized spacial score (nSPS) is 10.2. The fraction of sp³-hybridized carbons (Fsp3) is 0.200. The van der Waals surface area contributed by atoms with Gasteiger partial charge in [-0.05, 0) is 24.1 Å². The Bertz CT molecular complexity index is 616. The predicted octanol–water partition coefficient (Wildman–Crippen LogP) is 3.22. The lowest BCUT2D eigenvalue weighted by atomic mass is 10.1. The van der Waals surface area contributed by atoms with Gasteiger partial charge in [0, 0.05) is 4.88 Å². The van der Waals surface area contributed by atoms with E-state index in [1.807, 2.05) is 30.3 Å². The molecule has 0 fully saturated rings. The van der Waals surface area contributed by atoms with Gasteiger partial charge in [0.25, 0.3) is 0 Å². The molecule has 0 spiro atoms. The van der Waals surface area contributed by atoms with Gasteiger partial charge in [-0.2, -0.15) is 0 Å². The van der Waals surface area contributed by atoms with Gasteiger partial charge in [0.05, 0.1) is 13.0 Å². The van der Waals surface area contributed by atoms with Crippen molar-refractivity contribution >= 4 is 23.3 Å². The molecule has 0 bridgehead atoms. The van der Waals surface area contributed by atoms with Crippen LogP contribution in [0.5, 0.6) is 0 Å². The minimum atomic E-state index is -0.984. The van der Waals surface area contributed by atoms with Crippen molar-refractivity contribution in [2.45, 2.75) is 13.3 Å². The van der Waals surface area contributed by atoms with E-state index in [9.17, 15) is 9.59 Å². The summed E-state index contributed by atoms with van der Waals surface area (Å²) < 4.78 is 4.92. The third kappa shape index (κ3) is 3.24. The molecule has 2 aromatic rings. The average molecular weight is 290 g/mol. The number of rotatable bonds is 5. The molecule has 4 nitrogen and oxygen atoms in total. The van der Waals surface area contributed by atoms with Gasteiger partial charge in [0.1, 0.15) is 4.88 Å². The molecular weight excluding hydrogens is 276 g/mol. The summed E-state index contributed by atoms with van der Waals surface area (Å²) >= 11 is 1.17. The van der Waals surface area contributed by atoms with Crippen molar-refractivity contribution in [1.29, 1.82) is 0 Å². The minimum absolute atomic E-state index is 0.0852. The van der Waals surface area contributed by atoms with Crippen LogP contribution in [0.25, 0.3) is 10.4 Å². The number of ether oxygens (including phenoxy) is 1. The van der Waals surface area contributed by atoms with Crippen molar-refractivity contribution in [3.63, 3.8) is 0 Å². The third-order valence-corrected chi connectivity index (χ3v) is 3.91. The number of hydrogen-bond donors (Lipinski definition) is 1. The molecule has 2 rings (SSSR count). The number of carbonyl (C=O) groups is 2. The number of aromatic carboxylic acids is 1. The highest BCUT2D eigenvalue weighted by molar-refractivity contribution is 7.17. The van der Waals surface area contributed by atoms with Crippen LogP contribution in [0.15, 0.2) is 36.4 Å². The molecule has 0 unspecified atom stereocenters. The summed E-state index contributed by atoms with van der Waals surface area (Å²) in [5.41, 5.74) is 1.60. The van der Waals surface area contributed by atoms with Crippen molar-refractivity contribution < 1.29 is 19.4 Å². The molecular formula is C15H14O4S. The first-order valence-electron chi connectivity index (χ1n) is 6.19. The van der Waals surface area contributed by atoms with Crippen LogP contribution >= 0.6 is 11.3 Å². The van der Waals surface area contributed by atoms with Gasteiger partial charge in [-0.15, -0.1) is 11.3 Å². The first-order chi connectivity index (χ1) is 9.61. The molecule has 0 amide bonds. The maximum atomic E-state index is 11.6. The maximum absolute atomic E-state index is 11.6. The third-order valence-electron chi connectivity index (χ3n) is 2.70. The van der Waals surface area contributed by atoms with E-state index in [1.165, 1.54) is 11.3 Å². The Labute approximate surface area is 120 Å². The average Bonchev–Trinajstić information content (AvgIpc) is 2.84. The summed E-state index contributed by atoms with van der Waals surface area (Å²) in [5, 5.41) is 9.10. The van der Waals surface area contributed by atoms with Crippen LogP contribution in [-0.2, 0) is 16.0 Å². The second-order valence-corrected chi connectivity index (χ2v) is 5.17. The smallest absolute Gasteiger partial charge is 0.345 e. The van der Waals surface area contributed by atoms with E-state index in [1.54, 1.807) is 13.0 Å². The van der Waals surface area contributed by atoms with Crippen LogP contribution in [-0.4, -0.2) is 23.7 Å². The highest BCUT2D eigenvalue weighted by atomic mass is 32.1. The summed E-state index contributed by atoms with van der Waals surface area (Å²) in [5.74, 6) is -1.33. The first-order valence-corrected chi connectivity index (χ1v) is 7.00. The largest absolute Gasteiger partial charge is 0.477 e. The highest BCUT2D eigenvalue weighted by Crippen LogP contribution is 2.33. The number of benzene rings is 1. The molecule has 0 aliphatic carbocycles. The molecule has 0 atom stereocenters. The molecule has 0 aliphatic rings. The number of carboxylic acids is 1. The number of carboxylic acid groups (broad SMARTS) is 1. The van der Waals surface area contributed by atoms with Crippen molar-refractivity contribution in [3.05, 3.63) is 46.8 Å². The Hall–Kier alpha value is -2.14. The zero-order valence-corrected chi connectivity index (χ0v) is 11.8. The lowest BCUT2D eigenvalue weighted by Gasteiger charge is -2.04. The Morgan fingerprint density at radius 1 is 1.25 bits per heavy atom. The maximum Gasteiger partial charge on any atom is 0.345 e. The Morgan fingerprint density at radius 3 is 2.55 bits per heavy atom. The highest BCUT2D eigenvalue weighted by Gasteiger charge is 2.17. The van der Waals surface area contributed by atoms with E-state index in [4.69, 9.17) is 9.84 Å². The van der Waals surface area contributed by atoms with Crippen LogP contribution < -0.4 is 0 Å². The topological polar surface area (TPSA) is 63.6 Å². The van der Waals surface area contributed by atoms with Crippen LogP contribution in [0.4, 0.5) is 0 Å². The van der Waals surface area contributed by atoms with Gasteiger partial charge in [0.2, 0.25) is 0 Å². The monoisotopic (exact) mass is 290 g/mol. The number of esters is 1. The van der Waals surface area contributed by atoms with Crippen LogP contribution in [0.2, 0.25) is 0 Å². The molecule has 104 valence electrons. The second kappa shape index (κ2) is 6.34. The quantitative estimate of drug-likeness (QED) is 0.859. The molecule has 5 heteroatoms. The van der Waals surface area contributed by atoms with Crippen LogP contribution in [0.3, 0.4) is 0 Å². The van der Waals surface area contributed by atoms with E-state index < -0.39 is 5.97 Å². The van der Waals surface area contributed by atoms with E-state index in [0.29, 0.717) is 12.2 Å². The van der Waals surface area contributed by atoms with Gasteiger partial charge in [-0.1, -0.05) is 30.3 Å². The van der Waals surface area contributed by atoms with E-state index in [0.717, 1.165) is 10.4 Å². The van der Waals surface area contributed by atoms with Gasteiger partial charge in [-0.25, -0.2) is 4.79 Å². The van der Waals surface area contributed by atoms with Gasteiger partial charge >= 0.3 is 11.9 Å². The molecule has 1 heterocycles. The molecule has 1 N–H and O–H groups in total. The van der Waals surface area contributed by atoms with Crippen molar-refractivity contribution in [1.82, 2.24) is 0 Å². The molecule has 0 saturated heterocycles. The summed E-state index contributed by atoms with van der Waals surface area (Å²) in [4.78, 5) is 23.7. The fourth-order valence-electron chi connectivity index (χ4n) is 1.87. The van der Waals surface area contributed by atoms with Crippen LogP contribution in [0, 0.1) is 0 Å². The van der Waals surface area contributed by atoms with E-state index in [2.05, 4.69) is 0 Å². The first kappa shape index (κ1) is 14.3. The van der Waals surface area contributed by atoms with Gasteiger partial charge in [0.15, 0.2) is 0 Å². The fourth-order valence-corrected chi connectivity index (χ4v) is 2.89. The number of carbonyl (C=O) groups excluding carboxylic acids is 1. The van der Waals surface area contributed by atoms with Gasteiger partial charge < -0.3 is 9.84 Å². The van der Waals surface area contributed by atoms with Crippen molar-refractivity contribution in [2.75, 3.05) is 6.61 Å². The minimum Gasteiger partial charge on any atom is -0.477 e. The predicted molar refractivity (Wildman–Crippen MR) is 77.1 cm³/mol. The Morgan fingerprint density at radius 2 is 1.95 bits per heavy atom. The molecule has 20 heavy (non-hydrogen) atoms. The van der Waals surface area contributed by atoms with Crippen LogP contribution in [0.1, 0.15) is 22.2 Å². The summed E-state index contributed by atoms with van der Waals surface area (Å²) in [6, 6.07) is 11.0. The standard InChI is InChI=1S/C15H14O4S/c1-2-19-13(16)9-11-8-12(15(17)18)20-14(11)10-6-4-3-5-7-10/h3-8H,2,9H2,1H3,(H,17,18). The van der Waals surface area contributed by atoms with Crippen molar-refractivity contribution in [3.8, 4) is 10.4 Å². The lowest BCUT2D eigenvalue weighted by molar-refractivity contribution is -0.142. The van der Waals surface area contributed by atoms with E-state index in [-0.39, 0.29) is 17.3 Å². The second-order valence-electron chi connectivity index (χ2n) is 4.12. The molecule has 1 aromatic heterocycles. The summed E-state index contributed by atoms with van der Waals surface area (Å²) in [7, 11) is 0. The Kier molecular flexibility index (Phi) is 4.53. The molecule has 0 radical (unpaired) electrons. The lowest BCUT2D eigenvalue weighted by Crippen LogP contribution is -2.07. The molecule has 1 aromatic carbocycles. The number of hydrogen-bond acceptors (Lipinski definition) is 4. The SMILES string of the molecule is CCOC(=O)Cc1cc(C(=O)O)sc1-c1ccccc1.